The Labute approximate surface area is 192 Å². The average Bonchev–Trinajstić information content (AvgIpc) is 2.78. The maximum Gasteiger partial charge on any atom is 0.288 e. The zero-order chi connectivity index (χ0) is 23.0. The number of anilines is 1. The molecule has 0 aromatic carbocycles. The minimum Gasteiger partial charge on any atom is -0.481 e. The van der Waals surface area contributed by atoms with E-state index in [0.29, 0.717) is 34.7 Å². The molecule has 3 saturated carbocycles. The number of nitrogens with zero attached hydrogens (tertiary/aromatic N) is 3. The van der Waals surface area contributed by atoms with Crippen molar-refractivity contribution in [3.05, 3.63) is 45.5 Å². The maximum absolute atomic E-state index is 12.7. The summed E-state index contributed by atoms with van der Waals surface area (Å²) in [7, 11) is 1.53. The van der Waals surface area contributed by atoms with Crippen LogP contribution >= 0.6 is 11.6 Å². The molecule has 9 heteroatoms. The molecular weight excluding hydrogens is 430 g/mol. The minimum absolute atomic E-state index is 0.0670. The molecule has 0 spiro atoms. The Bertz CT molecular complexity index is 1070. The van der Waals surface area contributed by atoms with Crippen molar-refractivity contribution in [2.45, 2.75) is 52.7 Å². The van der Waals surface area contributed by atoms with Crippen LogP contribution < -0.4 is 20.9 Å². The molecule has 3 fully saturated rings. The van der Waals surface area contributed by atoms with Gasteiger partial charge in [-0.3, -0.25) is 9.59 Å². The van der Waals surface area contributed by atoms with Gasteiger partial charge in [0.2, 0.25) is 11.8 Å². The Morgan fingerprint density at radius 3 is 2.84 bits per heavy atom. The number of aromatic nitrogens is 3. The fourth-order valence-corrected chi connectivity index (χ4v) is 5.48. The summed E-state index contributed by atoms with van der Waals surface area (Å²) >= 11 is 6.37. The molecule has 2 N–H and O–H groups in total. The van der Waals surface area contributed by atoms with Gasteiger partial charge < -0.3 is 15.4 Å². The largest absolute Gasteiger partial charge is 0.481 e. The molecule has 0 radical (unpaired) electrons. The number of hydrogen-bond acceptors (Lipinski definition) is 6. The van der Waals surface area contributed by atoms with Crippen molar-refractivity contribution in [1.82, 2.24) is 20.1 Å². The molecule has 5 rings (SSSR count). The topological polar surface area (TPSA) is 98.1 Å². The quantitative estimate of drug-likeness (QED) is 0.660. The van der Waals surface area contributed by atoms with Crippen molar-refractivity contribution >= 4 is 23.2 Å². The molecule has 2 aromatic rings. The summed E-state index contributed by atoms with van der Waals surface area (Å²) in [5.74, 6) is 1.99. The van der Waals surface area contributed by atoms with Crippen LogP contribution in [0.15, 0.2) is 29.3 Å². The molecule has 0 unspecified atom stereocenters. The van der Waals surface area contributed by atoms with Crippen molar-refractivity contribution in [2.24, 2.45) is 23.2 Å². The molecule has 1 amide bonds. The summed E-state index contributed by atoms with van der Waals surface area (Å²) in [4.78, 5) is 29.1. The van der Waals surface area contributed by atoms with Gasteiger partial charge in [0.25, 0.3) is 5.56 Å². The lowest BCUT2D eigenvalue weighted by molar-refractivity contribution is -0.122. The van der Waals surface area contributed by atoms with E-state index >= 15 is 0 Å². The van der Waals surface area contributed by atoms with Crippen molar-refractivity contribution in [3.8, 4) is 5.88 Å². The molecule has 172 valence electrons. The normalized spacial score (nSPS) is 25.5. The van der Waals surface area contributed by atoms with Crippen LogP contribution in [-0.4, -0.2) is 33.8 Å². The summed E-state index contributed by atoms with van der Waals surface area (Å²) in [5, 5.41) is 10.5. The van der Waals surface area contributed by atoms with Crippen LogP contribution in [0.3, 0.4) is 0 Å². The highest BCUT2D eigenvalue weighted by atomic mass is 35.5. The number of hydrogen-bond donors (Lipinski definition) is 2. The number of halogens is 1. The van der Waals surface area contributed by atoms with Gasteiger partial charge in [0.15, 0.2) is 0 Å². The number of carbonyl (C=O) groups excluding carboxylic acids is 1. The van der Waals surface area contributed by atoms with Gasteiger partial charge in [-0.15, -0.1) is 0 Å². The van der Waals surface area contributed by atoms with Gasteiger partial charge in [0.1, 0.15) is 11.6 Å². The first-order valence-corrected chi connectivity index (χ1v) is 11.4. The standard InChI is InChI=1S/C23H30ClN5O3/c1-13-16-8-15(23(16,2)3)9-17(13)28-18-11-27-29(22(31)21(18)24)12-19(30)26-10-14-5-6-25-20(7-14)32-4/h5-7,11,13,15-17,28H,8-10,12H2,1-4H3,(H,26,30)/t13-,15-,16+,17-/m1/s1. The number of nitrogens with one attached hydrogen (secondary N) is 2. The second-order valence-electron chi connectivity index (χ2n) is 9.52. The number of amides is 1. The van der Waals surface area contributed by atoms with Crippen molar-refractivity contribution in [2.75, 3.05) is 12.4 Å². The number of pyridine rings is 1. The molecule has 3 aliphatic carbocycles. The Kier molecular flexibility index (Phi) is 6.16. The third-order valence-corrected chi connectivity index (χ3v) is 7.84. The highest BCUT2D eigenvalue weighted by Gasteiger charge is 2.56. The van der Waals surface area contributed by atoms with Gasteiger partial charge in [-0.2, -0.15) is 5.10 Å². The predicted octanol–water partition coefficient (Wildman–Crippen LogP) is 3.10. The predicted molar refractivity (Wildman–Crippen MR) is 123 cm³/mol. The van der Waals surface area contributed by atoms with Gasteiger partial charge in [0.05, 0.1) is 19.0 Å². The molecular formula is C23H30ClN5O3. The smallest absolute Gasteiger partial charge is 0.288 e. The van der Waals surface area contributed by atoms with Gasteiger partial charge >= 0.3 is 0 Å². The fraction of sp³-hybridized carbons (Fsp3) is 0.565. The van der Waals surface area contributed by atoms with Gasteiger partial charge in [-0.25, -0.2) is 9.67 Å². The zero-order valence-corrected chi connectivity index (χ0v) is 19.6. The van der Waals surface area contributed by atoms with Crippen LogP contribution in [0.25, 0.3) is 0 Å². The van der Waals surface area contributed by atoms with Crippen LogP contribution in [0.5, 0.6) is 5.88 Å². The van der Waals surface area contributed by atoms with Crippen LogP contribution in [-0.2, 0) is 17.9 Å². The van der Waals surface area contributed by atoms with E-state index in [2.05, 4.69) is 41.5 Å². The fourth-order valence-electron chi connectivity index (χ4n) is 5.28. The third-order valence-electron chi connectivity index (χ3n) is 7.47. The first-order chi connectivity index (χ1) is 15.2. The second kappa shape index (κ2) is 8.73. The first kappa shape index (κ1) is 22.6. The van der Waals surface area contributed by atoms with Crippen molar-refractivity contribution in [3.63, 3.8) is 0 Å². The van der Waals surface area contributed by atoms with Crippen molar-refractivity contribution < 1.29 is 9.53 Å². The lowest BCUT2D eigenvalue weighted by atomic mass is 9.45. The number of carbonyl (C=O) groups is 1. The molecule has 0 aliphatic heterocycles. The molecule has 3 aliphatic rings. The highest BCUT2D eigenvalue weighted by Crippen LogP contribution is 2.61. The Balaban J connectivity index is 1.37. The first-order valence-electron chi connectivity index (χ1n) is 11.0. The maximum atomic E-state index is 12.7. The molecule has 8 nitrogen and oxygen atoms in total. The van der Waals surface area contributed by atoms with E-state index in [1.54, 1.807) is 24.5 Å². The summed E-state index contributed by atoms with van der Waals surface area (Å²) in [5.41, 5.74) is 1.28. The van der Waals surface area contributed by atoms with E-state index in [-0.39, 0.29) is 30.1 Å². The van der Waals surface area contributed by atoms with E-state index in [9.17, 15) is 9.59 Å². The van der Waals surface area contributed by atoms with E-state index in [1.807, 2.05) is 0 Å². The van der Waals surface area contributed by atoms with Crippen LogP contribution in [0.4, 0.5) is 5.69 Å². The number of rotatable bonds is 7. The van der Waals surface area contributed by atoms with Gasteiger partial charge in [0, 0.05) is 24.8 Å². The van der Waals surface area contributed by atoms with E-state index in [4.69, 9.17) is 16.3 Å². The average molecular weight is 460 g/mol. The van der Waals surface area contributed by atoms with Crippen molar-refractivity contribution in [1.29, 1.82) is 0 Å². The number of methoxy groups -OCH3 is 1. The Hall–Kier alpha value is -2.61. The second-order valence-corrected chi connectivity index (χ2v) is 9.90. The van der Waals surface area contributed by atoms with Crippen LogP contribution in [0, 0.1) is 23.2 Å². The molecule has 2 bridgehead atoms. The lowest BCUT2D eigenvalue weighted by Crippen LogP contribution is -2.58. The van der Waals surface area contributed by atoms with Crippen LogP contribution in [0.1, 0.15) is 39.2 Å². The Morgan fingerprint density at radius 1 is 1.38 bits per heavy atom. The SMILES string of the molecule is COc1cc(CNC(=O)Cn2ncc(N[C@@H]3C[C@H]4C[C@@H]([C@H]3C)C4(C)C)c(Cl)c2=O)ccn1. The van der Waals surface area contributed by atoms with E-state index in [0.717, 1.165) is 16.7 Å². The lowest BCUT2D eigenvalue weighted by Gasteiger charge is -2.62. The van der Waals surface area contributed by atoms with E-state index < -0.39 is 5.56 Å². The zero-order valence-electron chi connectivity index (χ0n) is 18.9. The highest BCUT2D eigenvalue weighted by molar-refractivity contribution is 6.32. The van der Waals surface area contributed by atoms with Crippen LogP contribution in [0.2, 0.25) is 5.02 Å². The monoisotopic (exact) mass is 459 g/mol. The number of ether oxygens (including phenoxy) is 1. The van der Waals surface area contributed by atoms with E-state index in [1.165, 1.54) is 13.5 Å². The molecule has 2 aromatic heterocycles. The number of fused-ring (bicyclic) bond motifs is 2. The minimum atomic E-state index is -0.480. The summed E-state index contributed by atoms with van der Waals surface area (Å²) < 4.78 is 6.16. The van der Waals surface area contributed by atoms with Gasteiger partial charge in [-0.05, 0) is 47.6 Å². The van der Waals surface area contributed by atoms with Gasteiger partial charge in [-0.1, -0.05) is 32.4 Å². The third kappa shape index (κ3) is 4.20. The molecule has 2 heterocycles. The Morgan fingerprint density at radius 2 is 2.16 bits per heavy atom. The summed E-state index contributed by atoms with van der Waals surface area (Å²) in [6.45, 7) is 7.05. The molecule has 0 saturated heterocycles. The summed E-state index contributed by atoms with van der Waals surface area (Å²) in [6, 6.07) is 3.78. The summed E-state index contributed by atoms with van der Waals surface area (Å²) in [6.07, 6.45) is 5.49. The molecule has 32 heavy (non-hydrogen) atoms. The molecule has 4 atom stereocenters.